The zero-order valence-corrected chi connectivity index (χ0v) is 9.53. The Labute approximate surface area is 86.1 Å². The first-order valence-corrected chi connectivity index (χ1v) is 5.22. The van der Waals surface area contributed by atoms with Crippen LogP contribution in [0.3, 0.4) is 0 Å². The summed E-state index contributed by atoms with van der Waals surface area (Å²) < 4.78 is 7.57. The molecule has 0 atom stereocenters. The van der Waals surface area contributed by atoms with Gasteiger partial charge in [0.05, 0.1) is 18.4 Å². The van der Waals surface area contributed by atoms with Crippen LogP contribution < -0.4 is 0 Å². The van der Waals surface area contributed by atoms with Gasteiger partial charge >= 0.3 is 0 Å². The fourth-order valence-electron chi connectivity index (χ4n) is 1.24. The average molecular weight is 196 g/mol. The van der Waals surface area contributed by atoms with Crippen molar-refractivity contribution in [3.8, 4) is 0 Å². The lowest BCUT2D eigenvalue weighted by Crippen LogP contribution is -2.12. The smallest absolute Gasteiger partial charge is 0.0888 e. The molecule has 0 spiro atoms. The van der Waals surface area contributed by atoms with E-state index < -0.39 is 0 Å². The molecule has 0 aliphatic heterocycles. The Balaban J connectivity index is 2.53. The van der Waals surface area contributed by atoms with E-state index in [2.05, 4.69) is 18.9 Å². The molecule has 0 aliphatic carbocycles. The highest BCUT2D eigenvalue weighted by Crippen LogP contribution is 2.06. The summed E-state index contributed by atoms with van der Waals surface area (Å²) in [7, 11) is 0. The maximum absolute atomic E-state index is 5.55. The Bertz CT molecular complexity index is 266. The molecule has 0 unspecified atom stereocenters. The minimum Gasteiger partial charge on any atom is -0.373 e. The zero-order chi connectivity index (χ0) is 10.6. The van der Waals surface area contributed by atoms with Crippen LogP contribution >= 0.6 is 0 Å². The Morgan fingerprint density at radius 2 is 2.07 bits per heavy atom. The van der Waals surface area contributed by atoms with Gasteiger partial charge in [-0.2, -0.15) is 5.10 Å². The number of ether oxygens (including phenoxy) is 1. The summed E-state index contributed by atoms with van der Waals surface area (Å²) in [6.45, 7) is 10.1. The summed E-state index contributed by atoms with van der Waals surface area (Å²) in [5.74, 6) is 0.618. The van der Waals surface area contributed by atoms with E-state index >= 15 is 0 Å². The normalized spacial score (nSPS) is 11.6. The average Bonchev–Trinajstić information content (AvgIpc) is 2.47. The molecule has 0 aromatic carbocycles. The molecule has 0 aliphatic rings. The van der Waals surface area contributed by atoms with Crippen molar-refractivity contribution in [3.63, 3.8) is 0 Å². The van der Waals surface area contributed by atoms with Gasteiger partial charge in [0.1, 0.15) is 0 Å². The molecule has 0 radical (unpaired) electrons. The van der Waals surface area contributed by atoms with Gasteiger partial charge in [0.15, 0.2) is 0 Å². The molecule has 1 rings (SSSR count). The number of hydrogen-bond acceptors (Lipinski definition) is 2. The van der Waals surface area contributed by atoms with Gasteiger partial charge in [0.25, 0.3) is 0 Å². The van der Waals surface area contributed by atoms with E-state index in [0.29, 0.717) is 12.5 Å². The topological polar surface area (TPSA) is 27.1 Å². The maximum Gasteiger partial charge on any atom is 0.0888 e. The van der Waals surface area contributed by atoms with Crippen LogP contribution in [-0.4, -0.2) is 15.9 Å². The zero-order valence-electron chi connectivity index (χ0n) is 9.53. The molecule has 0 saturated carbocycles. The van der Waals surface area contributed by atoms with Crippen molar-refractivity contribution in [1.29, 1.82) is 0 Å². The van der Waals surface area contributed by atoms with Crippen molar-refractivity contribution in [2.24, 2.45) is 5.92 Å². The van der Waals surface area contributed by atoms with E-state index in [1.165, 1.54) is 0 Å². The van der Waals surface area contributed by atoms with Gasteiger partial charge in [-0.1, -0.05) is 13.8 Å². The molecule has 3 heteroatoms. The lowest BCUT2D eigenvalue weighted by molar-refractivity contribution is 0.0607. The first-order chi connectivity index (χ1) is 6.59. The minimum atomic E-state index is 0.275. The van der Waals surface area contributed by atoms with Crippen LogP contribution in [0.2, 0.25) is 0 Å². The first-order valence-electron chi connectivity index (χ1n) is 5.22. The Hall–Kier alpha value is -0.830. The van der Waals surface area contributed by atoms with Crippen LogP contribution in [0.15, 0.2) is 12.3 Å². The van der Waals surface area contributed by atoms with Gasteiger partial charge in [-0.25, -0.2) is 0 Å². The monoisotopic (exact) mass is 196 g/mol. The number of nitrogens with zero attached hydrogens (tertiary/aromatic N) is 2. The standard InChI is InChI=1S/C11H20N2O/c1-9(2)7-13-11(5-6-12-13)8-14-10(3)4/h5-6,9-10H,7-8H2,1-4H3. The van der Waals surface area contributed by atoms with Gasteiger partial charge in [-0.3, -0.25) is 4.68 Å². The van der Waals surface area contributed by atoms with Crippen LogP contribution in [0.5, 0.6) is 0 Å². The van der Waals surface area contributed by atoms with Crippen LogP contribution in [0.1, 0.15) is 33.4 Å². The molecular weight excluding hydrogens is 176 g/mol. The lowest BCUT2D eigenvalue weighted by atomic mass is 10.2. The van der Waals surface area contributed by atoms with Crippen LogP contribution in [0.25, 0.3) is 0 Å². The highest BCUT2D eigenvalue weighted by atomic mass is 16.5. The molecule has 0 bridgehead atoms. The van der Waals surface area contributed by atoms with Crippen molar-refractivity contribution < 1.29 is 4.74 Å². The number of hydrogen-bond donors (Lipinski definition) is 0. The molecule has 0 fully saturated rings. The summed E-state index contributed by atoms with van der Waals surface area (Å²) in [4.78, 5) is 0. The van der Waals surface area contributed by atoms with E-state index in [1.54, 1.807) is 0 Å². The van der Waals surface area contributed by atoms with Crippen molar-refractivity contribution >= 4 is 0 Å². The largest absolute Gasteiger partial charge is 0.373 e. The third-order valence-electron chi connectivity index (χ3n) is 1.91. The predicted molar refractivity (Wildman–Crippen MR) is 57.0 cm³/mol. The van der Waals surface area contributed by atoms with Gasteiger partial charge in [-0.05, 0) is 25.8 Å². The highest BCUT2D eigenvalue weighted by Gasteiger charge is 2.05. The molecule has 0 saturated heterocycles. The van der Waals surface area contributed by atoms with Crippen LogP contribution in [0.4, 0.5) is 0 Å². The summed E-state index contributed by atoms with van der Waals surface area (Å²) >= 11 is 0. The molecular formula is C11H20N2O. The quantitative estimate of drug-likeness (QED) is 0.723. The number of aromatic nitrogens is 2. The molecule has 1 heterocycles. The van der Waals surface area contributed by atoms with Crippen molar-refractivity contribution in [2.75, 3.05) is 0 Å². The maximum atomic E-state index is 5.55. The number of rotatable bonds is 5. The molecule has 14 heavy (non-hydrogen) atoms. The van der Waals surface area contributed by atoms with E-state index in [4.69, 9.17) is 4.74 Å². The van der Waals surface area contributed by atoms with E-state index in [9.17, 15) is 0 Å². The Kier molecular flexibility index (Phi) is 4.14. The summed E-state index contributed by atoms with van der Waals surface area (Å²) in [6, 6.07) is 2.02. The molecule has 0 amide bonds. The third kappa shape index (κ3) is 3.50. The lowest BCUT2D eigenvalue weighted by Gasteiger charge is -2.11. The minimum absolute atomic E-state index is 0.275. The van der Waals surface area contributed by atoms with E-state index in [1.807, 2.05) is 30.8 Å². The van der Waals surface area contributed by atoms with Crippen molar-refractivity contribution in [1.82, 2.24) is 9.78 Å². The first kappa shape index (κ1) is 11.2. The predicted octanol–water partition coefficient (Wildman–Crippen LogP) is 2.46. The second-order valence-corrected chi connectivity index (χ2v) is 4.26. The second-order valence-electron chi connectivity index (χ2n) is 4.26. The van der Waals surface area contributed by atoms with Crippen molar-refractivity contribution in [3.05, 3.63) is 18.0 Å². The second kappa shape index (κ2) is 5.15. The van der Waals surface area contributed by atoms with Crippen molar-refractivity contribution in [2.45, 2.75) is 47.0 Å². The molecule has 1 aromatic rings. The fourth-order valence-corrected chi connectivity index (χ4v) is 1.24. The molecule has 3 nitrogen and oxygen atoms in total. The highest BCUT2D eigenvalue weighted by molar-refractivity contribution is 4.98. The fraction of sp³-hybridized carbons (Fsp3) is 0.727. The van der Waals surface area contributed by atoms with Crippen LogP contribution in [-0.2, 0) is 17.9 Å². The van der Waals surface area contributed by atoms with Gasteiger partial charge in [0, 0.05) is 12.7 Å². The molecule has 0 N–H and O–H groups in total. The molecule has 1 aromatic heterocycles. The summed E-state index contributed by atoms with van der Waals surface area (Å²) in [5, 5.41) is 4.27. The van der Waals surface area contributed by atoms with Gasteiger partial charge < -0.3 is 4.74 Å². The summed E-state index contributed by atoms with van der Waals surface area (Å²) in [6.07, 6.45) is 2.11. The summed E-state index contributed by atoms with van der Waals surface area (Å²) in [5.41, 5.74) is 1.16. The molecule has 80 valence electrons. The Morgan fingerprint density at radius 3 is 2.64 bits per heavy atom. The van der Waals surface area contributed by atoms with E-state index in [0.717, 1.165) is 12.2 Å². The third-order valence-corrected chi connectivity index (χ3v) is 1.91. The Morgan fingerprint density at radius 1 is 1.36 bits per heavy atom. The van der Waals surface area contributed by atoms with Gasteiger partial charge in [-0.15, -0.1) is 0 Å². The van der Waals surface area contributed by atoms with Gasteiger partial charge in [0.2, 0.25) is 0 Å². The van der Waals surface area contributed by atoms with Crippen LogP contribution in [0, 0.1) is 5.92 Å². The van der Waals surface area contributed by atoms with E-state index in [-0.39, 0.29) is 6.10 Å². The SMILES string of the molecule is CC(C)Cn1nccc1COC(C)C.